The van der Waals surface area contributed by atoms with Gasteiger partial charge in [-0.15, -0.1) is 0 Å². The minimum Gasteiger partial charge on any atom is -0.361 e. The summed E-state index contributed by atoms with van der Waals surface area (Å²) in [5.41, 5.74) is 1.03. The number of nitrogens with one attached hydrogen (secondary N) is 1. The van der Waals surface area contributed by atoms with Gasteiger partial charge in [0.2, 0.25) is 0 Å². The monoisotopic (exact) mass is 106 g/mol. The Balaban J connectivity index is 2.77. The van der Waals surface area contributed by atoms with Crippen LogP contribution in [0.1, 0.15) is 12.6 Å². The SMILES string of the molecule is C/C=[C]/c1ccc[nH]1. The molecule has 1 heterocycles. The van der Waals surface area contributed by atoms with Gasteiger partial charge < -0.3 is 4.98 Å². The van der Waals surface area contributed by atoms with Crippen LogP contribution in [0.2, 0.25) is 0 Å². The number of aromatic nitrogens is 1. The lowest BCUT2D eigenvalue weighted by Crippen LogP contribution is -1.66. The van der Waals surface area contributed by atoms with E-state index in [1.165, 1.54) is 0 Å². The van der Waals surface area contributed by atoms with Crippen LogP contribution in [0, 0.1) is 6.08 Å². The van der Waals surface area contributed by atoms with Crippen molar-refractivity contribution >= 4 is 0 Å². The normalized spacial score (nSPS) is 10.6. The Hall–Kier alpha value is -0.980. The number of rotatable bonds is 1. The van der Waals surface area contributed by atoms with Crippen LogP contribution in [0.5, 0.6) is 0 Å². The summed E-state index contributed by atoms with van der Waals surface area (Å²) >= 11 is 0. The molecule has 41 valence electrons. The van der Waals surface area contributed by atoms with E-state index >= 15 is 0 Å². The molecule has 0 aliphatic carbocycles. The minimum atomic E-state index is 1.03. The van der Waals surface area contributed by atoms with E-state index in [-0.39, 0.29) is 0 Å². The van der Waals surface area contributed by atoms with Gasteiger partial charge in [0.25, 0.3) is 0 Å². The lowest BCUT2D eigenvalue weighted by molar-refractivity contribution is 1.32. The molecule has 0 bridgehead atoms. The van der Waals surface area contributed by atoms with Crippen molar-refractivity contribution in [3.63, 3.8) is 0 Å². The molecular weight excluding hydrogens is 98.1 g/mol. The summed E-state index contributed by atoms with van der Waals surface area (Å²) in [5.74, 6) is 0. The molecule has 1 heteroatoms. The summed E-state index contributed by atoms with van der Waals surface area (Å²) in [5, 5.41) is 0. The number of H-pyrrole nitrogens is 1. The van der Waals surface area contributed by atoms with Gasteiger partial charge in [0.15, 0.2) is 0 Å². The molecule has 0 amide bonds. The molecule has 0 unspecified atom stereocenters. The summed E-state index contributed by atoms with van der Waals surface area (Å²) < 4.78 is 0. The molecule has 1 nitrogen and oxygen atoms in total. The summed E-state index contributed by atoms with van der Waals surface area (Å²) in [4.78, 5) is 3.00. The van der Waals surface area contributed by atoms with E-state index in [0.717, 1.165) is 5.69 Å². The van der Waals surface area contributed by atoms with E-state index in [2.05, 4.69) is 11.1 Å². The molecule has 1 aromatic heterocycles. The zero-order valence-electron chi connectivity index (χ0n) is 4.81. The highest BCUT2D eigenvalue weighted by molar-refractivity contribution is 5.11. The Kier molecular flexibility index (Phi) is 1.52. The Morgan fingerprint density at radius 2 is 2.62 bits per heavy atom. The summed E-state index contributed by atoms with van der Waals surface area (Å²) in [7, 11) is 0. The fourth-order valence-electron chi connectivity index (χ4n) is 0.576. The highest BCUT2D eigenvalue weighted by Crippen LogP contribution is 1.92. The van der Waals surface area contributed by atoms with Crippen molar-refractivity contribution in [3.05, 3.63) is 36.2 Å². The van der Waals surface area contributed by atoms with E-state index < -0.39 is 0 Å². The zero-order valence-corrected chi connectivity index (χ0v) is 4.81. The maximum absolute atomic E-state index is 3.01. The third-order valence-electron chi connectivity index (χ3n) is 0.898. The first kappa shape index (κ1) is 5.16. The molecule has 0 aliphatic heterocycles. The van der Waals surface area contributed by atoms with Gasteiger partial charge in [-0.25, -0.2) is 0 Å². The van der Waals surface area contributed by atoms with Gasteiger partial charge in [0.1, 0.15) is 0 Å². The van der Waals surface area contributed by atoms with E-state index in [1.54, 1.807) is 0 Å². The lowest BCUT2D eigenvalue weighted by Gasteiger charge is -1.76. The van der Waals surface area contributed by atoms with Gasteiger partial charge in [-0.3, -0.25) is 0 Å². The smallest absolute Gasteiger partial charge is 0.0457 e. The number of aromatic amines is 1. The molecule has 0 fully saturated rings. The highest BCUT2D eigenvalue weighted by atomic mass is 14.7. The number of hydrogen-bond donors (Lipinski definition) is 1. The maximum atomic E-state index is 3.01. The Bertz CT molecular complexity index is 161. The van der Waals surface area contributed by atoms with E-state index in [4.69, 9.17) is 0 Å². The van der Waals surface area contributed by atoms with E-state index in [0.29, 0.717) is 0 Å². The molecule has 0 aromatic carbocycles. The lowest BCUT2D eigenvalue weighted by atomic mass is 10.4. The molecule has 0 spiro atoms. The number of allylic oxidation sites excluding steroid dienone is 1. The molecule has 0 aliphatic rings. The second-order valence-electron chi connectivity index (χ2n) is 1.52. The van der Waals surface area contributed by atoms with Crippen LogP contribution >= 0.6 is 0 Å². The van der Waals surface area contributed by atoms with Gasteiger partial charge >= 0.3 is 0 Å². The van der Waals surface area contributed by atoms with Gasteiger partial charge in [0, 0.05) is 18.0 Å². The first-order chi connectivity index (χ1) is 3.93. The summed E-state index contributed by atoms with van der Waals surface area (Å²) in [6, 6.07) is 3.92. The minimum absolute atomic E-state index is 1.03. The van der Waals surface area contributed by atoms with Crippen molar-refractivity contribution in [2.75, 3.05) is 0 Å². The molecule has 1 radical (unpaired) electrons. The van der Waals surface area contributed by atoms with Crippen LogP contribution in [0.15, 0.2) is 24.4 Å². The van der Waals surface area contributed by atoms with Crippen molar-refractivity contribution < 1.29 is 0 Å². The Morgan fingerprint density at radius 3 is 3.12 bits per heavy atom. The van der Waals surface area contributed by atoms with Crippen LogP contribution in [0.25, 0.3) is 0 Å². The molecule has 0 saturated heterocycles. The average Bonchev–Trinajstić information content (AvgIpc) is 2.19. The van der Waals surface area contributed by atoms with Crippen molar-refractivity contribution in [2.24, 2.45) is 0 Å². The fourth-order valence-corrected chi connectivity index (χ4v) is 0.576. The quantitative estimate of drug-likeness (QED) is 0.561. The number of hydrogen-bond acceptors (Lipinski definition) is 0. The second kappa shape index (κ2) is 2.36. The van der Waals surface area contributed by atoms with E-state index in [9.17, 15) is 0 Å². The largest absolute Gasteiger partial charge is 0.361 e. The molecular formula is C7H8N. The maximum Gasteiger partial charge on any atom is 0.0457 e. The molecule has 0 atom stereocenters. The van der Waals surface area contributed by atoms with Crippen LogP contribution in [-0.4, -0.2) is 4.98 Å². The third-order valence-corrected chi connectivity index (χ3v) is 0.898. The standard InChI is InChI=1S/C7H8N/c1-2-4-7-5-3-6-8-7/h2-3,5-6,8H,1H3. The molecule has 1 rings (SSSR count). The van der Waals surface area contributed by atoms with Crippen LogP contribution in [0.3, 0.4) is 0 Å². The zero-order chi connectivity index (χ0) is 5.82. The van der Waals surface area contributed by atoms with Crippen LogP contribution in [-0.2, 0) is 0 Å². The van der Waals surface area contributed by atoms with E-state index in [1.807, 2.05) is 31.3 Å². The summed E-state index contributed by atoms with van der Waals surface area (Å²) in [6.07, 6.45) is 6.77. The molecule has 8 heavy (non-hydrogen) atoms. The Morgan fingerprint density at radius 1 is 1.75 bits per heavy atom. The fraction of sp³-hybridized carbons (Fsp3) is 0.143. The Labute approximate surface area is 49.0 Å². The molecule has 1 N–H and O–H groups in total. The second-order valence-corrected chi connectivity index (χ2v) is 1.52. The average molecular weight is 106 g/mol. The van der Waals surface area contributed by atoms with Gasteiger partial charge in [-0.1, -0.05) is 6.08 Å². The highest BCUT2D eigenvalue weighted by Gasteiger charge is 1.79. The van der Waals surface area contributed by atoms with Crippen LogP contribution < -0.4 is 0 Å². The van der Waals surface area contributed by atoms with Crippen molar-refractivity contribution in [3.8, 4) is 0 Å². The van der Waals surface area contributed by atoms with Gasteiger partial charge in [-0.2, -0.15) is 0 Å². The van der Waals surface area contributed by atoms with Gasteiger partial charge in [0.05, 0.1) is 0 Å². The summed E-state index contributed by atoms with van der Waals surface area (Å²) in [6.45, 7) is 1.95. The molecule has 0 saturated carbocycles. The predicted molar refractivity (Wildman–Crippen MR) is 33.4 cm³/mol. The van der Waals surface area contributed by atoms with Crippen molar-refractivity contribution in [1.29, 1.82) is 0 Å². The first-order valence-electron chi connectivity index (χ1n) is 2.61. The van der Waals surface area contributed by atoms with Crippen LogP contribution in [0.4, 0.5) is 0 Å². The predicted octanol–water partition coefficient (Wildman–Crippen LogP) is 1.74. The van der Waals surface area contributed by atoms with Crippen molar-refractivity contribution in [2.45, 2.75) is 6.92 Å². The molecule has 1 aromatic rings. The first-order valence-corrected chi connectivity index (χ1v) is 2.61. The van der Waals surface area contributed by atoms with Crippen molar-refractivity contribution in [1.82, 2.24) is 4.98 Å². The van der Waals surface area contributed by atoms with Gasteiger partial charge in [-0.05, 0) is 19.1 Å². The topological polar surface area (TPSA) is 15.8 Å². The third kappa shape index (κ3) is 0.997.